The van der Waals surface area contributed by atoms with Crippen LogP contribution in [0.4, 0.5) is 8.78 Å². The summed E-state index contributed by atoms with van der Waals surface area (Å²) >= 11 is 0. The van der Waals surface area contributed by atoms with Crippen LogP contribution in [0.15, 0.2) is 18.2 Å². The van der Waals surface area contributed by atoms with Crippen molar-refractivity contribution >= 4 is 5.91 Å². The summed E-state index contributed by atoms with van der Waals surface area (Å²) in [6, 6.07) is 3.27. The number of carbonyl (C=O) groups is 1. The van der Waals surface area contributed by atoms with Crippen LogP contribution in [0.5, 0.6) is 0 Å². The first-order valence-electron chi connectivity index (χ1n) is 6.17. The van der Waals surface area contributed by atoms with Crippen LogP contribution < -0.4 is 5.32 Å². The first kappa shape index (κ1) is 13.9. The fourth-order valence-corrected chi connectivity index (χ4v) is 1.91. The molecule has 1 saturated heterocycles. The van der Waals surface area contributed by atoms with Crippen molar-refractivity contribution in [1.82, 2.24) is 10.2 Å². The van der Waals surface area contributed by atoms with Crippen molar-refractivity contribution in [2.24, 2.45) is 0 Å². The molecule has 6 heteroatoms. The van der Waals surface area contributed by atoms with Gasteiger partial charge in [0.1, 0.15) is 11.6 Å². The number of halogens is 2. The largest absolute Gasteiger partial charge is 0.378 e. The van der Waals surface area contributed by atoms with Crippen LogP contribution in [0.1, 0.15) is 5.56 Å². The lowest BCUT2D eigenvalue weighted by Gasteiger charge is -2.26. The molecule has 0 atom stereocenters. The van der Waals surface area contributed by atoms with Crippen LogP contribution >= 0.6 is 0 Å². The number of hydrogen-bond acceptors (Lipinski definition) is 3. The first-order valence-corrected chi connectivity index (χ1v) is 6.17. The van der Waals surface area contributed by atoms with E-state index in [2.05, 4.69) is 5.32 Å². The highest BCUT2D eigenvalue weighted by Gasteiger charge is 2.16. The quantitative estimate of drug-likeness (QED) is 0.884. The van der Waals surface area contributed by atoms with Gasteiger partial charge in [-0.3, -0.25) is 4.79 Å². The number of carbonyl (C=O) groups excluding carboxylic acids is 1. The van der Waals surface area contributed by atoms with E-state index >= 15 is 0 Å². The SMILES string of the molecule is O=C(CNCc1cc(F)ccc1F)N1CCOCC1. The van der Waals surface area contributed by atoms with Gasteiger partial charge in [-0.05, 0) is 18.2 Å². The van der Waals surface area contributed by atoms with Crippen molar-refractivity contribution in [2.75, 3.05) is 32.8 Å². The fourth-order valence-electron chi connectivity index (χ4n) is 1.91. The molecular formula is C13H16F2N2O2. The van der Waals surface area contributed by atoms with Gasteiger partial charge in [0.05, 0.1) is 19.8 Å². The summed E-state index contributed by atoms with van der Waals surface area (Å²) in [6.07, 6.45) is 0. The number of benzene rings is 1. The molecule has 1 aliphatic rings. The van der Waals surface area contributed by atoms with Gasteiger partial charge < -0.3 is 15.0 Å². The van der Waals surface area contributed by atoms with E-state index in [-0.39, 0.29) is 24.6 Å². The molecule has 0 aliphatic carbocycles. The first-order chi connectivity index (χ1) is 9.16. The van der Waals surface area contributed by atoms with Crippen molar-refractivity contribution in [1.29, 1.82) is 0 Å². The summed E-state index contributed by atoms with van der Waals surface area (Å²) in [5.74, 6) is -1.02. The van der Waals surface area contributed by atoms with Crippen LogP contribution in [0.2, 0.25) is 0 Å². The summed E-state index contributed by atoms with van der Waals surface area (Å²) < 4.78 is 31.4. The van der Waals surface area contributed by atoms with Crippen molar-refractivity contribution in [3.05, 3.63) is 35.4 Å². The van der Waals surface area contributed by atoms with E-state index in [0.29, 0.717) is 26.3 Å². The third-order valence-corrected chi connectivity index (χ3v) is 2.96. The Hall–Kier alpha value is -1.53. The molecule has 1 fully saturated rings. The Labute approximate surface area is 110 Å². The topological polar surface area (TPSA) is 41.6 Å². The molecule has 4 nitrogen and oxygen atoms in total. The molecular weight excluding hydrogens is 254 g/mol. The zero-order chi connectivity index (χ0) is 13.7. The van der Waals surface area contributed by atoms with Crippen LogP contribution in [-0.2, 0) is 16.1 Å². The highest BCUT2D eigenvalue weighted by atomic mass is 19.1. The van der Waals surface area contributed by atoms with Gasteiger partial charge in [0, 0.05) is 25.2 Å². The molecule has 1 N–H and O–H groups in total. The molecule has 1 heterocycles. The minimum Gasteiger partial charge on any atom is -0.378 e. The summed E-state index contributed by atoms with van der Waals surface area (Å²) in [6.45, 7) is 2.48. The minimum absolute atomic E-state index is 0.0555. The second-order valence-electron chi connectivity index (χ2n) is 4.33. The lowest BCUT2D eigenvalue weighted by molar-refractivity contribution is -0.134. The Balaban J connectivity index is 1.79. The van der Waals surface area contributed by atoms with Crippen LogP contribution in [0, 0.1) is 11.6 Å². The number of hydrogen-bond donors (Lipinski definition) is 1. The van der Waals surface area contributed by atoms with Crippen molar-refractivity contribution in [2.45, 2.75) is 6.54 Å². The highest BCUT2D eigenvalue weighted by Crippen LogP contribution is 2.09. The van der Waals surface area contributed by atoms with Gasteiger partial charge in [0.15, 0.2) is 0 Å². The Morgan fingerprint density at radius 3 is 2.79 bits per heavy atom. The molecule has 2 rings (SSSR count). The number of amides is 1. The van der Waals surface area contributed by atoms with Gasteiger partial charge in [-0.1, -0.05) is 0 Å². The van der Waals surface area contributed by atoms with Gasteiger partial charge >= 0.3 is 0 Å². The molecule has 0 aromatic heterocycles. The zero-order valence-corrected chi connectivity index (χ0v) is 10.5. The highest BCUT2D eigenvalue weighted by molar-refractivity contribution is 5.78. The van der Waals surface area contributed by atoms with Gasteiger partial charge in [-0.2, -0.15) is 0 Å². The zero-order valence-electron chi connectivity index (χ0n) is 10.5. The van der Waals surface area contributed by atoms with Crippen LogP contribution in [0.25, 0.3) is 0 Å². The second-order valence-corrected chi connectivity index (χ2v) is 4.33. The van der Waals surface area contributed by atoms with E-state index < -0.39 is 11.6 Å². The molecule has 1 aromatic carbocycles. The third kappa shape index (κ3) is 3.97. The maximum Gasteiger partial charge on any atom is 0.236 e. The van der Waals surface area contributed by atoms with Crippen molar-refractivity contribution < 1.29 is 18.3 Å². The lowest BCUT2D eigenvalue weighted by atomic mass is 10.2. The maximum atomic E-state index is 13.3. The monoisotopic (exact) mass is 270 g/mol. The summed E-state index contributed by atoms with van der Waals surface area (Å²) in [5, 5.41) is 2.83. The standard InChI is InChI=1S/C13H16F2N2O2/c14-11-1-2-12(15)10(7-11)8-16-9-13(18)17-3-5-19-6-4-17/h1-2,7,16H,3-6,8-9H2. The smallest absolute Gasteiger partial charge is 0.236 e. The predicted octanol–water partition coefficient (Wildman–Crippen LogP) is 0.913. The average Bonchev–Trinajstić information content (AvgIpc) is 2.43. The van der Waals surface area contributed by atoms with Crippen molar-refractivity contribution in [3.8, 4) is 0 Å². The number of morpholine rings is 1. The molecule has 1 aliphatic heterocycles. The normalized spacial score (nSPS) is 15.6. The maximum absolute atomic E-state index is 13.3. The number of ether oxygens (including phenoxy) is 1. The molecule has 19 heavy (non-hydrogen) atoms. The van der Waals surface area contributed by atoms with Crippen molar-refractivity contribution in [3.63, 3.8) is 0 Å². The minimum atomic E-state index is -0.488. The second kappa shape index (κ2) is 6.58. The Kier molecular flexibility index (Phi) is 4.81. The molecule has 0 spiro atoms. The van der Waals surface area contributed by atoms with Gasteiger partial charge in [-0.25, -0.2) is 8.78 Å². The Morgan fingerprint density at radius 2 is 2.05 bits per heavy atom. The number of nitrogens with zero attached hydrogens (tertiary/aromatic N) is 1. The van der Waals surface area contributed by atoms with Gasteiger partial charge in [0.25, 0.3) is 0 Å². The van der Waals surface area contributed by atoms with E-state index in [9.17, 15) is 13.6 Å². The fraction of sp³-hybridized carbons (Fsp3) is 0.462. The van der Waals surface area contributed by atoms with E-state index in [1.54, 1.807) is 4.90 Å². The van der Waals surface area contributed by atoms with Crippen LogP contribution in [-0.4, -0.2) is 43.7 Å². The molecule has 0 unspecified atom stereocenters. The molecule has 1 aromatic rings. The molecule has 104 valence electrons. The van der Waals surface area contributed by atoms with E-state index in [4.69, 9.17) is 4.74 Å². The molecule has 0 saturated carbocycles. The molecule has 0 radical (unpaired) electrons. The summed E-state index contributed by atoms with van der Waals surface area (Å²) in [4.78, 5) is 13.5. The predicted molar refractivity (Wildman–Crippen MR) is 65.5 cm³/mol. The average molecular weight is 270 g/mol. The van der Waals surface area contributed by atoms with E-state index in [0.717, 1.165) is 18.2 Å². The van der Waals surface area contributed by atoms with E-state index in [1.807, 2.05) is 0 Å². The third-order valence-electron chi connectivity index (χ3n) is 2.96. The molecule has 0 bridgehead atoms. The molecule has 1 amide bonds. The lowest BCUT2D eigenvalue weighted by Crippen LogP contribution is -2.44. The number of nitrogens with one attached hydrogen (secondary N) is 1. The summed E-state index contributed by atoms with van der Waals surface area (Å²) in [7, 11) is 0. The number of rotatable bonds is 4. The van der Waals surface area contributed by atoms with E-state index in [1.165, 1.54) is 0 Å². The van der Waals surface area contributed by atoms with Gasteiger partial charge in [-0.15, -0.1) is 0 Å². The summed E-state index contributed by atoms with van der Waals surface area (Å²) in [5.41, 5.74) is 0.217. The van der Waals surface area contributed by atoms with Crippen LogP contribution in [0.3, 0.4) is 0 Å². The van der Waals surface area contributed by atoms with Gasteiger partial charge in [0.2, 0.25) is 5.91 Å². The Morgan fingerprint density at radius 1 is 1.32 bits per heavy atom. The Bertz CT molecular complexity index is 448.